The standard InChI is InChI=1S/C15H15NO2/c1-16-15(18)10-9-14(17)13-8-4-6-11-5-2-3-7-12(11)13/h2-8H,9-10H2,1H3,(H,16,18). The van der Waals surface area contributed by atoms with Crippen LogP contribution < -0.4 is 5.32 Å². The average Bonchev–Trinajstić information content (AvgIpc) is 2.43. The lowest BCUT2D eigenvalue weighted by molar-refractivity contribution is -0.120. The summed E-state index contributed by atoms with van der Waals surface area (Å²) < 4.78 is 0. The Morgan fingerprint density at radius 3 is 2.50 bits per heavy atom. The van der Waals surface area contributed by atoms with Crippen molar-refractivity contribution in [3.05, 3.63) is 48.0 Å². The quantitative estimate of drug-likeness (QED) is 0.836. The van der Waals surface area contributed by atoms with Gasteiger partial charge in [0.05, 0.1) is 0 Å². The molecule has 0 heterocycles. The van der Waals surface area contributed by atoms with Gasteiger partial charge in [0, 0.05) is 25.5 Å². The molecule has 2 rings (SSSR count). The summed E-state index contributed by atoms with van der Waals surface area (Å²) in [5, 5.41) is 4.51. The predicted octanol–water partition coefficient (Wildman–Crippen LogP) is 2.55. The topological polar surface area (TPSA) is 46.2 Å². The van der Waals surface area contributed by atoms with Crippen LogP contribution in [0.1, 0.15) is 23.2 Å². The van der Waals surface area contributed by atoms with Crippen LogP contribution >= 0.6 is 0 Å². The number of Topliss-reactive ketones (excluding diaryl/α,β-unsaturated/α-hetero) is 1. The smallest absolute Gasteiger partial charge is 0.220 e. The minimum Gasteiger partial charge on any atom is -0.359 e. The monoisotopic (exact) mass is 241 g/mol. The molecule has 0 saturated heterocycles. The second-order valence-corrected chi connectivity index (χ2v) is 4.12. The van der Waals surface area contributed by atoms with Crippen molar-refractivity contribution in [2.45, 2.75) is 12.8 Å². The summed E-state index contributed by atoms with van der Waals surface area (Å²) in [6, 6.07) is 13.4. The van der Waals surface area contributed by atoms with Gasteiger partial charge >= 0.3 is 0 Å². The lowest BCUT2D eigenvalue weighted by Gasteiger charge is -2.05. The Bertz CT molecular complexity index is 585. The van der Waals surface area contributed by atoms with E-state index in [1.54, 1.807) is 7.05 Å². The highest BCUT2D eigenvalue weighted by Gasteiger charge is 2.11. The van der Waals surface area contributed by atoms with Gasteiger partial charge in [-0.2, -0.15) is 0 Å². The molecule has 0 bridgehead atoms. The lowest BCUT2D eigenvalue weighted by atomic mass is 9.99. The first-order valence-corrected chi connectivity index (χ1v) is 5.94. The maximum absolute atomic E-state index is 12.1. The van der Waals surface area contributed by atoms with Gasteiger partial charge in [0.25, 0.3) is 0 Å². The van der Waals surface area contributed by atoms with Gasteiger partial charge in [-0.25, -0.2) is 0 Å². The highest BCUT2D eigenvalue weighted by atomic mass is 16.2. The summed E-state index contributed by atoms with van der Waals surface area (Å²) in [6.07, 6.45) is 0.478. The zero-order valence-electron chi connectivity index (χ0n) is 10.3. The van der Waals surface area contributed by atoms with Crippen molar-refractivity contribution in [3.63, 3.8) is 0 Å². The number of rotatable bonds is 4. The molecule has 0 fully saturated rings. The molecule has 2 aromatic carbocycles. The zero-order valence-corrected chi connectivity index (χ0v) is 10.3. The zero-order chi connectivity index (χ0) is 13.0. The molecule has 0 saturated carbocycles. The van der Waals surface area contributed by atoms with Crippen molar-refractivity contribution in [3.8, 4) is 0 Å². The summed E-state index contributed by atoms with van der Waals surface area (Å²) in [4.78, 5) is 23.2. The SMILES string of the molecule is CNC(=O)CCC(=O)c1cccc2ccccc12. The molecule has 92 valence electrons. The number of hydrogen-bond acceptors (Lipinski definition) is 2. The van der Waals surface area contributed by atoms with E-state index in [0.29, 0.717) is 5.56 Å². The number of benzene rings is 2. The molecule has 0 aromatic heterocycles. The van der Waals surface area contributed by atoms with Crippen molar-refractivity contribution in [1.82, 2.24) is 5.32 Å². The van der Waals surface area contributed by atoms with Crippen molar-refractivity contribution < 1.29 is 9.59 Å². The first-order chi connectivity index (χ1) is 8.72. The van der Waals surface area contributed by atoms with Gasteiger partial charge in [-0.3, -0.25) is 9.59 Å². The Hall–Kier alpha value is -2.16. The Morgan fingerprint density at radius 2 is 1.72 bits per heavy atom. The summed E-state index contributed by atoms with van der Waals surface area (Å²) >= 11 is 0. The second kappa shape index (κ2) is 5.45. The van der Waals surface area contributed by atoms with Crippen LogP contribution in [0.15, 0.2) is 42.5 Å². The van der Waals surface area contributed by atoms with Crippen molar-refractivity contribution in [1.29, 1.82) is 0 Å². The molecule has 0 aliphatic rings. The highest BCUT2D eigenvalue weighted by molar-refractivity contribution is 6.08. The molecule has 0 spiro atoms. The maximum Gasteiger partial charge on any atom is 0.220 e. The second-order valence-electron chi connectivity index (χ2n) is 4.12. The lowest BCUT2D eigenvalue weighted by Crippen LogP contribution is -2.18. The molecule has 3 nitrogen and oxygen atoms in total. The molecule has 0 aliphatic carbocycles. The van der Waals surface area contributed by atoms with E-state index < -0.39 is 0 Å². The Morgan fingerprint density at radius 1 is 1.00 bits per heavy atom. The summed E-state index contributed by atoms with van der Waals surface area (Å²) in [7, 11) is 1.57. The van der Waals surface area contributed by atoms with Crippen LogP contribution in [-0.2, 0) is 4.79 Å². The van der Waals surface area contributed by atoms with Crippen LogP contribution in [0.4, 0.5) is 0 Å². The molecule has 3 heteroatoms. The summed E-state index contributed by atoms with van der Waals surface area (Å²) in [5.74, 6) is -0.0982. The number of fused-ring (bicyclic) bond motifs is 1. The van der Waals surface area contributed by atoms with Crippen LogP contribution in [0.2, 0.25) is 0 Å². The van der Waals surface area contributed by atoms with Crippen LogP contribution in [0.25, 0.3) is 10.8 Å². The first-order valence-electron chi connectivity index (χ1n) is 5.94. The number of carbonyl (C=O) groups excluding carboxylic acids is 2. The van der Waals surface area contributed by atoms with Gasteiger partial charge in [-0.1, -0.05) is 42.5 Å². The summed E-state index contributed by atoms with van der Waals surface area (Å²) in [5.41, 5.74) is 0.692. The van der Waals surface area contributed by atoms with Gasteiger partial charge in [-0.15, -0.1) is 0 Å². The van der Waals surface area contributed by atoms with E-state index >= 15 is 0 Å². The predicted molar refractivity (Wildman–Crippen MR) is 71.6 cm³/mol. The van der Waals surface area contributed by atoms with Gasteiger partial charge in [0.1, 0.15) is 0 Å². The minimum absolute atomic E-state index is 0.00963. The van der Waals surface area contributed by atoms with E-state index in [0.717, 1.165) is 10.8 Å². The number of amides is 1. The Balaban J connectivity index is 2.25. The fourth-order valence-corrected chi connectivity index (χ4v) is 1.96. The molecule has 2 aromatic rings. The maximum atomic E-state index is 12.1. The largest absolute Gasteiger partial charge is 0.359 e. The molecule has 0 unspecified atom stereocenters. The molecule has 0 aliphatic heterocycles. The van der Waals surface area contributed by atoms with Gasteiger partial charge in [-0.05, 0) is 10.8 Å². The average molecular weight is 241 g/mol. The van der Waals surface area contributed by atoms with E-state index in [1.165, 1.54) is 0 Å². The van der Waals surface area contributed by atoms with E-state index in [4.69, 9.17) is 0 Å². The molecular weight excluding hydrogens is 226 g/mol. The Kier molecular flexibility index (Phi) is 3.72. The van der Waals surface area contributed by atoms with E-state index in [2.05, 4.69) is 5.32 Å². The summed E-state index contributed by atoms with van der Waals surface area (Å²) in [6.45, 7) is 0. The van der Waals surface area contributed by atoms with E-state index in [1.807, 2.05) is 42.5 Å². The molecule has 1 N–H and O–H groups in total. The molecular formula is C15H15NO2. The molecule has 18 heavy (non-hydrogen) atoms. The fourth-order valence-electron chi connectivity index (χ4n) is 1.96. The fraction of sp³-hybridized carbons (Fsp3) is 0.200. The number of ketones is 1. The van der Waals surface area contributed by atoms with Crippen LogP contribution in [0.5, 0.6) is 0 Å². The van der Waals surface area contributed by atoms with Gasteiger partial charge in [0.2, 0.25) is 5.91 Å². The minimum atomic E-state index is -0.108. The van der Waals surface area contributed by atoms with Gasteiger partial charge in [0.15, 0.2) is 5.78 Å². The Labute approximate surface area is 106 Å². The van der Waals surface area contributed by atoms with Crippen molar-refractivity contribution >= 4 is 22.5 Å². The van der Waals surface area contributed by atoms with Crippen molar-refractivity contribution in [2.24, 2.45) is 0 Å². The number of carbonyl (C=O) groups is 2. The third kappa shape index (κ3) is 2.56. The third-order valence-electron chi connectivity index (χ3n) is 2.95. The number of nitrogens with one attached hydrogen (secondary N) is 1. The highest BCUT2D eigenvalue weighted by Crippen LogP contribution is 2.20. The third-order valence-corrected chi connectivity index (χ3v) is 2.95. The van der Waals surface area contributed by atoms with E-state index in [-0.39, 0.29) is 24.5 Å². The van der Waals surface area contributed by atoms with Crippen LogP contribution in [0, 0.1) is 0 Å². The van der Waals surface area contributed by atoms with Crippen LogP contribution in [0.3, 0.4) is 0 Å². The van der Waals surface area contributed by atoms with Gasteiger partial charge < -0.3 is 5.32 Å². The van der Waals surface area contributed by atoms with Crippen molar-refractivity contribution in [2.75, 3.05) is 7.05 Å². The van der Waals surface area contributed by atoms with Crippen LogP contribution in [-0.4, -0.2) is 18.7 Å². The molecule has 0 atom stereocenters. The molecule has 1 amide bonds. The van der Waals surface area contributed by atoms with E-state index in [9.17, 15) is 9.59 Å². The molecule has 0 radical (unpaired) electrons. The normalized spacial score (nSPS) is 10.3. The number of hydrogen-bond donors (Lipinski definition) is 1. The first kappa shape index (κ1) is 12.3.